The second-order valence-electron chi connectivity index (χ2n) is 6.44. The molecule has 0 atom stereocenters. The zero-order valence-corrected chi connectivity index (χ0v) is 16.0. The van der Waals surface area contributed by atoms with Crippen LogP contribution in [0, 0.1) is 0 Å². The molecule has 1 aliphatic rings. The number of carbonyl (C=O) groups excluding carboxylic acids is 2. The zero-order valence-electron chi connectivity index (χ0n) is 14.4. The molecule has 1 fully saturated rings. The fourth-order valence-corrected chi connectivity index (χ4v) is 3.72. The minimum absolute atomic E-state index is 0.00888. The van der Waals surface area contributed by atoms with Crippen molar-refractivity contribution in [2.24, 2.45) is 0 Å². The quantitative estimate of drug-likeness (QED) is 0.795. The van der Waals surface area contributed by atoms with Crippen LogP contribution in [0.25, 0.3) is 0 Å². The molecule has 5 nitrogen and oxygen atoms in total. The van der Waals surface area contributed by atoms with E-state index in [0.717, 1.165) is 37.1 Å². The second-order valence-corrected chi connectivity index (χ2v) is 7.66. The van der Waals surface area contributed by atoms with Gasteiger partial charge in [0, 0.05) is 41.6 Å². The third-order valence-electron chi connectivity index (χ3n) is 4.48. The van der Waals surface area contributed by atoms with E-state index in [1.54, 1.807) is 0 Å². The van der Waals surface area contributed by atoms with Crippen LogP contribution in [0.5, 0.6) is 0 Å². The summed E-state index contributed by atoms with van der Waals surface area (Å²) in [5, 5.41) is 10.5. The van der Waals surface area contributed by atoms with Crippen molar-refractivity contribution in [3.63, 3.8) is 0 Å². The normalized spacial score (nSPS) is 15.6. The van der Waals surface area contributed by atoms with Crippen LogP contribution in [0.3, 0.4) is 0 Å². The highest BCUT2D eigenvalue weighted by Gasteiger charge is 2.22. The van der Waals surface area contributed by atoms with E-state index in [2.05, 4.69) is 15.5 Å². The Labute approximate surface area is 162 Å². The molecule has 1 aliphatic heterocycles. The van der Waals surface area contributed by atoms with E-state index >= 15 is 0 Å². The van der Waals surface area contributed by atoms with Gasteiger partial charge < -0.3 is 10.6 Å². The van der Waals surface area contributed by atoms with Gasteiger partial charge in [-0.15, -0.1) is 0 Å². The van der Waals surface area contributed by atoms with E-state index in [0.29, 0.717) is 18.1 Å². The Bertz CT molecular complexity index is 726. The Morgan fingerprint density at radius 3 is 2.54 bits per heavy atom. The molecule has 1 saturated heterocycles. The monoisotopic (exact) mass is 391 g/mol. The van der Waals surface area contributed by atoms with Crippen molar-refractivity contribution in [2.45, 2.75) is 25.4 Å². The summed E-state index contributed by atoms with van der Waals surface area (Å²) in [5.41, 5.74) is 1.75. The van der Waals surface area contributed by atoms with Gasteiger partial charge in [-0.1, -0.05) is 23.7 Å². The lowest BCUT2D eigenvalue weighted by Crippen LogP contribution is -2.47. The lowest BCUT2D eigenvalue weighted by atomic mass is 10.0. The molecule has 2 amide bonds. The number of halogens is 1. The van der Waals surface area contributed by atoms with Crippen molar-refractivity contribution in [1.82, 2.24) is 15.5 Å². The standard InChI is InChI=1S/C19H22ClN3O2S/c20-16-3-1-14(2-4-16)11-21-18(24)12-23-8-5-17(6-9-23)22-19(25)15-7-10-26-13-15/h1-4,7,10,13,17H,5-6,8-9,11-12H2,(H,21,24)(H,22,25). The molecule has 26 heavy (non-hydrogen) atoms. The number of likely N-dealkylation sites (tertiary alicyclic amines) is 1. The van der Waals surface area contributed by atoms with Crippen molar-refractivity contribution in [1.29, 1.82) is 0 Å². The van der Waals surface area contributed by atoms with Crippen molar-refractivity contribution in [3.8, 4) is 0 Å². The summed E-state index contributed by atoms with van der Waals surface area (Å²) in [6.07, 6.45) is 1.72. The molecule has 2 aromatic rings. The van der Waals surface area contributed by atoms with Crippen LogP contribution in [-0.4, -0.2) is 42.4 Å². The first-order chi connectivity index (χ1) is 12.6. The Kier molecular flexibility index (Phi) is 6.66. The van der Waals surface area contributed by atoms with Gasteiger partial charge in [-0.25, -0.2) is 0 Å². The van der Waals surface area contributed by atoms with Gasteiger partial charge >= 0.3 is 0 Å². The van der Waals surface area contributed by atoms with Gasteiger partial charge in [0.25, 0.3) is 5.91 Å². The van der Waals surface area contributed by atoms with Crippen LogP contribution in [0.4, 0.5) is 0 Å². The Hall–Kier alpha value is -1.89. The van der Waals surface area contributed by atoms with Crippen molar-refractivity contribution >= 4 is 34.8 Å². The predicted octanol–water partition coefficient (Wildman–Crippen LogP) is 2.91. The fourth-order valence-electron chi connectivity index (χ4n) is 2.96. The number of rotatable bonds is 6. The van der Waals surface area contributed by atoms with Crippen molar-refractivity contribution < 1.29 is 9.59 Å². The number of hydrogen-bond donors (Lipinski definition) is 2. The van der Waals surface area contributed by atoms with Gasteiger partial charge in [-0.05, 0) is 42.0 Å². The first-order valence-electron chi connectivity index (χ1n) is 8.67. The highest BCUT2D eigenvalue weighted by molar-refractivity contribution is 7.08. The number of carbonyl (C=O) groups is 2. The molecule has 2 N–H and O–H groups in total. The Morgan fingerprint density at radius 1 is 1.15 bits per heavy atom. The number of nitrogens with zero attached hydrogens (tertiary/aromatic N) is 1. The zero-order chi connectivity index (χ0) is 18.4. The highest BCUT2D eigenvalue weighted by atomic mass is 35.5. The lowest BCUT2D eigenvalue weighted by Gasteiger charge is -2.31. The molecule has 138 valence electrons. The largest absolute Gasteiger partial charge is 0.351 e. The predicted molar refractivity (Wildman–Crippen MR) is 105 cm³/mol. The smallest absolute Gasteiger partial charge is 0.252 e. The molecule has 0 bridgehead atoms. The van der Waals surface area contributed by atoms with Crippen molar-refractivity contribution in [2.75, 3.05) is 19.6 Å². The number of amides is 2. The molecular weight excluding hydrogens is 370 g/mol. The SMILES string of the molecule is O=C(CN1CCC(NC(=O)c2ccsc2)CC1)NCc1ccc(Cl)cc1. The van der Waals surface area contributed by atoms with E-state index in [1.165, 1.54) is 11.3 Å². The van der Waals surface area contributed by atoms with Gasteiger partial charge in [0.2, 0.25) is 5.91 Å². The summed E-state index contributed by atoms with van der Waals surface area (Å²) >= 11 is 7.38. The van der Waals surface area contributed by atoms with E-state index in [1.807, 2.05) is 41.1 Å². The van der Waals surface area contributed by atoms with Crippen molar-refractivity contribution in [3.05, 3.63) is 57.2 Å². The van der Waals surface area contributed by atoms with Crippen LogP contribution >= 0.6 is 22.9 Å². The molecule has 7 heteroatoms. The maximum absolute atomic E-state index is 12.1. The molecule has 3 rings (SSSR count). The first kappa shape index (κ1) is 18.9. The number of piperidine rings is 1. The number of nitrogens with one attached hydrogen (secondary N) is 2. The highest BCUT2D eigenvalue weighted by Crippen LogP contribution is 2.13. The third kappa shape index (κ3) is 5.56. The van der Waals surface area contributed by atoms with Crippen LogP contribution in [-0.2, 0) is 11.3 Å². The summed E-state index contributed by atoms with van der Waals surface area (Å²) < 4.78 is 0. The molecule has 0 spiro atoms. The third-order valence-corrected chi connectivity index (χ3v) is 5.41. The van der Waals surface area contributed by atoms with Crippen LogP contribution in [0.2, 0.25) is 5.02 Å². The molecule has 1 aromatic carbocycles. The maximum atomic E-state index is 12.1. The van der Waals surface area contributed by atoms with Gasteiger partial charge in [-0.2, -0.15) is 11.3 Å². The average Bonchev–Trinajstić information content (AvgIpc) is 3.18. The lowest BCUT2D eigenvalue weighted by molar-refractivity contribution is -0.122. The number of thiophene rings is 1. The van der Waals surface area contributed by atoms with Gasteiger partial charge in [-0.3, -0.25) is 14.5 Å². The summed E-state index contributed by atoms with van der Waals surface area (Å²) in [6, 6.07) is 9.46. The molecule has 0 saturated carbocycles. The summed E-state index contributed by atoms with van der Waals surface area (Å²) in [4.78, 5) is 26.3. The maximum Gasteiger partial charge on any atom is 0.252 e. The molecule has 2 heterocycles. The van der Waals surface area contributed by atoms with Crippen LogP contribution in [0.1, 0.15) is 28.8 Å². The number of hydrogen-bond acceptors (Lipinski definition) is 4. The van der Waals surface area contributed by atoms with Crippen LogP contribution in [0.15, 0.2) is 41.1 Å². The first-order valence-corrected chi connectivity index (χ1v) is 9.99. The molecule has 1 aromatic heterocycles. The summed E-state index contributed by atoms with van der Waals surface area (Å²) in [5.74, 6) is 0.00566. The minimum atomic E-state index is -0.00888. The minimum Gasteiger partial charge on any atom is -0.351 e. The summed E-state index contributed by atoms with van der Waals surface area (Å²) in [7, 11) is 0. The van der Waals surface area contributed by atoms with Gasteiger partial charge in [0.15, 0.2) is 0 Å². The van der Waals surface area contributed by atoms with Gasteiger partial charge in [0.05, 0.1) is 6.54 Å². The molecular formula is C19H22ClN3O2S. The molecule has 0 radical (unpaired) electrons. The van der Waals surface area contributed by atoms with E-state index < -0.39 is 0 Å². The van der Waals surface area contributed by atoms with E-state index in [4.69, 9.17) is 11.6 Å². The van der Waals surface area contributed by atoms with E-state index in [-0.39, 0.29) is 17.9 Å². The fraction of sp³-hybridized carbons (Fsp3) is 0.368. The van der Waals surface area contributed by atoms with Crippen LogP contribution < -0.4 is 10.6 Å². The average molecular weight is 392 g/mol. The number of benzene rings is 1. The Balaban J connectivity index is 1.36. The Morgan fingerprint density at radius 2 is 1.88 bits per heavy atom. The topological polar surface area (TPSA) is 61.4 Å². The van der Waals surface area contributed by atoms with Gasteiger partial charge in [0.1, 0.15) is 0 Å². The second kappa shape index (κ2) is 9.16. The van der Waals surface area contributed by atoms with E-state index in [9.17, 15) is 9.59 Å². The summed E-state index contributed by atoms with van der Waals surface area (Å²) in [6.45, 7) is 2.51. The molecule has 0 aliphatic carbocycles. The molecule has 0 unspecified atom stereocenters.